The Hall–Kier alpha value is -1.42. The van der Waals surface area contributed by atoms with Gasteiger partial charge >= 0.3 is 0 Å². The Morgan fingerprint density at radius 3 is 2.59 bits per heavy atom. The zero-order chi connectivity index (χ0) is 12.1. The van der Waals surface area contributed by atoms with Gasteiger partial charge in [0.25, 0.3) is 0 Å². The Morgan fingerprint density at radius 2 is 1.82 bits per heavy atom. The summed E-state index contributed by atoms with van der Waals surface area (Å²) < 4.78 is 5.50. The molecule has 90 valence electrons. The van der Waals surface area contributed by atoms with Gasteiger partial charge in [0.2, 0.25) is 0 Å². The SMILES string of the molecule is O[C@@H]1C=CC=C(COCc2ccccc2)[C@H]1O. The fourth-order valence-corrected chi connectivity index (χ4v) is 1.71. The minimum Gasteiger partial charge on any atom is -0.386 e. The van der Waals surface area contributed by atoms with Crippen molar-refractivity contribution in [3.8, 4) is 0 Å². The van der Waals surface area contributed by atoms with Crippen molar-refractivity contribution >= 4 is 0 Å². The zero-order valence-corrected chi connectivity index (χ0v) is 9.49. The van der Waals surface area contributed by atoms with Crippen molar-refractivity contribution in [1.82, 2.24) is 0 Å². The topological polar surface area (TPSA) is 49.7 Å². The van der Waals surface area contributed by atoms with Gasteiger partial charge in [0.1, 0.15) is 12.2 Å². The van der Waals surface area contributed by atoms with Crippen LogP contribution in [0.2, 0.25) is 0 Å². The quantitative estimate of drug-likeness (QED) is 0.825. The van der Waals surface area contributed by atoms with E-state index in [4.69, 9.17) is 4.74 Å². The highest BCUT2D eigenvalue weighted by Crippen LogP contribution is 2.14. The number of aliphatic hydroxyl groups is 2. The van der Waals surface area contributed by atoms with E-state index in [-0.39, 0.29) is 0 Å². The molecule has 1 aliphatic rings. The lowest BCUT2D eigenvalue weighted by Crippen LogP contribution is -2.29. The summed E-state index contributed by atoms with van der Waals surface area (Å²) in [4.78, 5) is 0. The van der Waals surface area contributed by atoms with Gasteiger partial charge in [-0.25, -0.2) is 0 Å². The van der Waals surface area contributed by atoms with Crippen LogP contribution < -0.4 is 0 Å². The second kappa shape index (κ2) is 5.77. The van der Waals surface area contributed by atoms with Crippen LogP contribution in [0.5, 0.6) is 0 Å². The highest BCUT2D eigenvalue weighted by molar-refractivity contribution is 5.25. The molecular formula is C14H16O3. The van der Waals surface area contributed by atoms with Crippen LogP contribution in [0.1, 0.15) is 5.56 Å². The average Bonchev–Trinajstić information content (AvgIpc) is 2.36. The smallest absolute Gasteiger partial charge is 0.107 e. The van der Waals surface area contributed by atoms with Crippen LogP contribution in [-0.4, -0.2) is 29.0 Å². The molecule has 2 N–H and O–H groups in total. The number of ether oxygens (including phenoxy) is 1. The highest BCUT2D eigenvalue weighted by atomic mass is 16.5. The summed E-state index contributed by atoms with van der Waals surface area (Å²) in [6.07, 6.45) is 3.40. The van der Waals surface area contributed by atoms with Crippen molar-refractivity contribution in [2.75, 3.05) is 6.61 Å². The van der Waals surface area contributed by atoms with E-state index in [0.717, 1.165) is 5.56 Å². The van der Waals surface area contributed by atoms with E-state index in [2.05, 4.69) is 0 Å². The lowest BCUT2D eigenvalue weighted by atomic mass is 10.00. The molecule has 0 bridgehead atoms. The fraction of sp³-hybridized carbons (Fsp3) is 0.286. The summed E-state index contributed by atoms with van der Waals surface area (Å²) in [7, 11) is 0. The van der Waals surface area contributed by atoms with Gasteiger partial charge in [-0.2, -0.15) is 0 Å². The molecule has 0 fully saturated rings. The van der Waals surface area contributed by atoms with E-state index in [1.807, 2.05) is 30.3 Å². The van der Waals surface area contributed by atoms with Gasteiger partial charge in [0.05, 0.1) is 13.2 Å². The molecule has 0 aromatic heterocycles. The largest absolute Gasteiger partial charge is 0.386 e. The first-order chi connectivity index (χ1) is 8.27. The van der Waals surface area contributed by atoms with Crippen molar-refractivity contribution in [3.63, 3.8) is 0 Å². The zero-order valence-electron chi connectivity index (χ0n) is 9.49. The summed E-state index contributed by atoms with van der Waals surface area (Å²) >= 11 is 0. The van der Waals surface area contributed by atoms with Crippen molar-refractivity contribution < 1.29 is 14.9 Å². The normalized spacial score (nSPS) is 23.5. The van der Waals surface area contributed by atoms with Gasteiger partial charge in [-0.1, -0.05) is 48.6 Å². The molecule has 2 rings (SSSR count). The van der Waals surface area contributed by atoms with E-state index in [1.165, 1.54) is 0 Å². The van der Waals surface area contributed by atoms with E-state index in [9.17, 15) is 10.2 Å². The first-order valence-electron chi connectivity index (χ1n) is 5.62. The standard InChI is InChI=1S/C14H16O3/c15-13-8-4-7-12(14(13)16)10-17-9-11-5-2-1-3-6-11/h1-8,13-16H,9-10H2/t13-,14-/m1/s1. The average molecular weight is 232 g/mol. The van der Waals surface area contributed by atoms with Crippen LogP contribution in [0.3, 0.4) is 0 Å². The summed E-state index contributed by atoms with van der Waals surface area (Å²) in [5.74, 6) is 0. The van der Waals surface area contributed by atoms with Gasteiger partial charge in [-0.05, 0) is 11.1 Å². The maximum absolute atomic E-state index is 9.69. The Labute approximate surface area is 101 Å². The van der Waals surface area contributed by atoms with Crippen LogP contribution in [0, 0.1) is 0 Å². The Balaban J connectivity index is 1.83. The number of aliphatic hydroxyl groups excluding tert-OH is 2. The summed E-state index contributed by atoms with van der Waals surface area (Å²) in [5, 5.41) is 19.1. The van der Waals surface area contributed by atoms with E-state index in [1.54, 1.807) is 18.2 Å². The van der Waals surface area contributed by atoms with Crippen molar-refractivity contribution in [3.05, 3.63) is 59.7 Å². The Bertz CT molecular complexity index is 409. The Morgan fingerprint density at radius 1 is 1.06 bits per heavy atom. The van der Waals surface area contributed by atoms with Gasteiger partial charge in [-0.15, -0.1) is 0 Å². The molecular weight excluding hydrogens is 216 g/mol. The van der Waals surface area contributed by atoms with Gasteiger partial charge in [0, 0.05) is 0 Å². The maximum Gasteiger partial charge on any atom is 0.107 e. The number of benzene rings is 1. The third-order valence-electron chi connectivity index (χ3n) is 2.70. The van der Waals surface area contributed by atoms with Crippen molar-refractivity contribution in [1.29, 1.82) is 0 Å². The molecule has 0 amide bonds. The van der Waals surface area contributed by atoms with Crippen LogP contribution in [0.4, 0.5) is 0 Å². The minimum atomic E-state index is -0.851. The number of allylic oxidation sites excluding steroid dienone is 2. The fourth-order valence-electron chi connectivity index (χ4n) is 1.71. The van der Waals surface area contributed by atoms with Gasteiger partial charge in [0.15, 0.2) is 0 Å². The van der Waals surface area contributed by atoms with E-state index < -0.39 is 12.2 Å². The van der Waals surface area contributed by atoms with Crippen molar-refractivity contribution in [2.45, 2.75) is 18.8 Å². The Kier molecular flexibility index (Phi) is 4.09. The first-order valence-corrected chi connectivity index (χ1v) is 5.62. The molecule has 0 heterocycles. The molecule has 3 nitrogen and oxygen atoms in total. The molecule has 3 heteroatoms. The molecule has 1 aliphatic carbocycles. The number of rotatable bonds is 4. The number of hydrogen-bond donors (Lipinski definition) is 2. The maximum atomic E-state index is 9.69. The third-order valence-corrected chi connectivity index (χ3v) is 2.70. The molecule has 0 spiro atoms. The van der Waals surface area contributed by atoms with Gasteiger partial charge in [-0.3, -0.25) is 0 Å². The predicted octanol–water partition coefficient (Wildman–Crippen LogP) is 1.42. The molecule has 0 saturated heterocycles. The molecule has 0 radical (unpaired) electrons. The van der Waals surface area contributed by atoms with E-state index >= 15 is 0 Å². The summed E-state index contributed by atoms with van der Waals surface area (Å²) in [6.45, 7) is 0.835. The molecule has 0 unspecified atom stereocenters. The van der Waals surface area contributed by atoms with Crippen LogP contribution >= 0.6 is 0 Å². The summed E-state index contributed by atoms with van der Waals surface area (Å²) in [5.41, 5.74) is 1.80. The lowest BCUT2D eigenvalue weighted by Gasteiger charge is -2.21. The lowest BCUT2D eigenvalue weighted by molar-refractivity contribution is 0.0514. The monoisotopic (exact) mass is 232 g/mol. The second-order valence-electron chi connectivity index (χ2n) is 4.04. The number of hydrogen-bond acceptors (Lipinski definition) is 3. The third kappa shape index (κ3) is 3.27. The highest BCUT2D eigenvalue weighted by Gasteiger charge is 2.20. The molecule has 1 aromatic carbocycles. The van der Waals surface area contributed by atoms with Crippen LogP contribution in [0.25, 0.3) is 0 Å². The molecule has 17 heavy (non-hydrogen) atoms. The summed E-state index contributed by atoms with van der Waals surface area (Å²) in [6, 6.07) is 9.85. The van der Waals surface area contributed by atoms with Gasteiger partial charge < -0.3 is 14.9 Å². The molecule has 2 atom stereocenters. The van der Waals surface area contributed by atoms with E-state index in [0.29, 0.717) is 18.8 Å². The van der Waals surface area contributed by atoms with Crippen LogP contribution in [-0.2, 0) is 11.3 Å². The van der Waals surface area contributed by atoms with Crippen molar-refractivity contribution in [2.24, 2.45) is 0 Å². The minimum absolute atomic E-state index is 0.331. The first kappa shape index (κ1) is 12.0. The van der Waals surface area contributed by atoms with Crippen LogP contribution in [0.15, 0.2) is 54.1 Å². The second-order valence-corrected chi connectivity index (χ2v) is 4.04. The predicted molar refractivity (Wildman–Crippen MR) is 65.3 cm³/mol. The molecule has 0 aliphatic heterocycles. The molecule has 1 aromatic rings. The molecule has 0 saturated carbocycles.